The lowest BCUT2D eigenvalue weighted by atomic mass is 9.86. The molecule has 4 rings (SSSR count). The van der Waals surface area contributed by atoms with Crippen LogP contribution in [0.5, 0.6) is 0 Å². The molecule has 0 radical (unpaired) electrons. The highest BCUT2D eigenvalue weighted by Crippen LogP contribution is 2.40. The van der Waals surface area contributed by atoms with E-state index >= 15 is 0 Å². The molecular weight excluding hydrogens is 462 g/mol. The van der Waals surface area contributed by atoms with Crippen molar-refractivity contribution in [2.24, 2.45) is 5.92 Å². The summed E-state index contributed by atoms with van der Waals surface area (Å²) in [6, 6.07) is 16.9. The molecule has 0 saturated carbocycles. The topological polar surface area (TPSA) is 55.4 Å². The maximum atomic E-state index is 13.4. The zero-order chi connectivity index (χ0) is 21.1. The van der Waals surface area contributed by atoms with E-state index in [0.29, 0.717) is 22.0 Å². The molecule has 1 aliphatic rings. The highest BCUT2D eigenvalue weighted by atomic mass is 79.9. The average Bonchev–Trinajstić information content (AvgIpc) is 3.09. The van der Waals surface area contributed by atoms with Gasteiger partial charge in [-0.15, -0.1) is 11.3 Å². The van der Waals surface area contributed by atoms with Crippen LogP contribution in [0.1, 0.15) is 45.3 Å². The van der Waals surface area contributed by atoms with Crippen molar-refractivity contribution in [2.45, 2.75) is 32.8 Å². The summed E-state index contributed by atoms with van der Waals surface area (Å²) >= 11 is 4.91. The number of ketones is 1. The molecular formula is C24H22BrNO3S. The fourth-order valence-corrected chi connectivity index (χ4v) is 5.33. The van der Waals surface area contributed by atoms with Gasteiger partial charge in [-0.05, 0) is 60.6 Å². The minimum Gasteiger partial charge on any atom is -0.444 e. The molecule has 0 saturated heterocycles. The lowest BCUT2D eigenvalue weighted by molar-refractivity contribution is 0.103. The van der Waals surface area contributed by atoms with Crippen molar-refractivity contribution in [2.75, 3.05) is 5.32 Å². The number of hydrogen-bond donors (Lipinski definition) is 1. The minimum atomic E-state index is -0.546. The maximum absolute atomic E-state index is 13.4. The number of fused-ring (bicyclic) bond motifs is 1. The molecule has 1 N–H and O–H groups in total. The summed E-state index contributed by atoms with van der Waals surface area (Å²) in [6.45, 7) is 2.41. The molecule has 30 heavy (non-hydrogen) atoms. The normalized spacial score (nSPS) is 15.3. The highest BCUT2D eigenvalue weighted by molar-refractivity contribution is 9.10. The van der Waals surface area contributed by atoms with Crippen molar-refractivity contribution < 1.29 is 14.3 Å². The lowest BCUT2D eigenvalue weighted by Crippen LogP contribution is -2.16. The predicted molar refractivity (Wildman–Crippen MR) is 123 cm³/mol. The fourth-order valence-electron chi connectivity index (χ4n) is 3.68. The van der Waals surface area contributed by atoms with Crippen molar-refractivity contribution in [3.05, 3.63) is 86.2 Å². The highest BCUT2D eigenvalue weighted by Gasteiger charge is 2.29. The molecule has 0 fully saturated rings. The maximum Gasteiger partial charge on any atom is 0.412 e. The molecule has 1 atom stereocenters. The van der Waals surface area contributed by atoms with E-state index in [1.54, 1.807) is 12.1 Å². The molecule has 4 nitrogen and oxygen atoms in total. The second-order valence-electron chi connectivity index (χ2n) is 7.58. The van der Waals surface area contributed by atoms with Crippen molar-refractivity contribution in [1.29, 1.82) is 0 Å². The van der Waals surface area contributed by atoms with E-state index in [4.69, 9.17) is 4.74 Å². The van der Waals surface area contributed by atoms with Crippen LogP contribution in [-0.2, 0) is 24.2 Å². The summed E-state index contributed by atoms with van der Waals surface area (Å²) in [6.07, 6.45) is 2.28. The molecule has 154 valence electrons. The van der Waals surface area contributed by atoms with Crippen LogP contribution in [-0.4, -0.2) is 11.9 Å². The Kier molecular flexibility index (Phi) is 6.35. The molecule has 0 aliphatic heterocycles. The molecule has 6 heteroatoms. The molecule has 1 aromatic heterocycles. The number of halogens is 1. The van der Waals surface area contributed by atoms with Gasteiger partial charge in [0.15, 0.2) is 5.78 Å². The van der Waals surface area contributed by atoms with Gasteiger partial charge in [-0.1, -0.05) is 53.2 Å². The third-order valence-corrected chi connectivity index (χ3v) is 6.97. The van der Waals surface area contributed by atoms with Crippen LogP contribution >= 0.6 is 27.3 Å². The SMILES string of the molecule is CC1CCc2c(sc(NC(=O)OCc3ccccc3)c2C(=O)c2ccc(Br)cc2)C1. The smallest absolute Gasteiger partial charge is 0.412 e. The van der Waals surface area contributed by atoms with E-state index in [1.165, 1.54) is 16.2 Å². The predicted octanol–water partition coefficient (Wildman–Crippen LogP) is 6.62. The molecule has 0 spiro atoms. The van der Waals surface area contributed by atoms with Gasteiger partial charge in [0.2, 0.25) is 0 Å². The number of carbonyl (C=O) groups is 2. The van der Waals surface area contributed by atoms with Crippen LogP contribution in [0.4, 0.5) is 9.80 Å². The third kappa shape index (κ3) is 4.65. The Morgan fingerprint density at radius 3 is 2.60 bits per heavy atom. The summed E-state index contributed by atoms with van der Waals surface area (Å²) in [7, 11) is 0. The van der Waals surface area contributed by atoms with Crippen molar-refractivity contribution in [3.8, 4) is 0 Å². The number of rotatable bonds is 5. The van der Waals surface area contributed by atoms with E-state index in [9.17, 15) is 9.59 Å². The second-order valence-corrected chi connectivity index (χ2v) is 9.60. The van der Waals surface area contributed by atoms with Crippen LogP contribution < -0.4 is 5.32 Å². The first-order valence-electron chi connectivity index (χ1n) is 9.93. The zero-order valence-electron chi connectivity index (χ0n) is 16.6. The number of amides is 1. The van der Waals surface area contributed by atoms with E-state index in [1.807, 2.05) is 42.5 Å². The van der Waals surface area contributed by atoms with Crippen molar-refractivity contribution in [3.63, 3.8) is 0 Å². The van der Waals surface area contributed by atoms with Gasteiger partial charge >= 0.3 is 6.09 Å². The zero-order valence-corrected chi connectivity index (χ0v) is 19.0. The van der Waals surface area contributed by atoms with Gasteiger partial charge in [0.1, 0.15) is 11.6 Å². The van der Waals surface area contributed by atoms with Crippen LogP contribution in [0.3, 0.4) is 0 Å². The Balaban J connectivity index is 1.59. The first kappa shape index (κ1) is 20.8. The Morgan fingerprint density at radius 2 is 1.87 bits per heavy atom. The monoisotopic (exact) mass is 483 g/mol. The Hall–Kier alpha value is -2.44. The fraction of sp³-hybridized carbons (Fsp3) is 0.250. The molecule has 1 heterocycles. The molecule has 0 bridgehead atoms. The molecule has 3 aromatic rings. The van der Waals surface area contributed by atoms with Crippen LogP contribution in [0.2, 0.25) is 0 Å². The third-order valence-electron chi connectivity index (χ3n) is 5.27. The first-order valence-corrected chi connectivity index (χ1v) is 11.5. The Labute approximate surface area is 188 Å². The number of benzene rings is 2. The summed E-state index contributed by atoms with van der Waals surface area (Å²) in [4.78, 5) is 27.0. The number of ether oxygens (including phenoxy) is 1. The van der Waals surface area contributed by atoms with Gasteiger partial charge in [-0.25, -0.2) is 4.79 Å². The molecule has 1 amide bonds. The van der Waals surface area contributed by atoms with E-state index in [-0.39, 0.29) is 12.4 Å². The number of nitrogens with one attached hydrogen (secondary N) is 1. The molecule has 1 aliphatic carbocycles. The first-order chi connectivity index (χ1) is 14.5. The van der Waals surface area contributed by atoms with Gasteiger partial charge in [0, 0.05) is 14.9 Å². The number of carbonyl (C=O) groups excluding carboxylic acids is 2. The summed E-state index contributed by atoms with van der Waals surface area (Å²) in [5.41, 5.74) is 3.21. The summed E-state index contributed by atoms with van der Waals surface area (Å²) in [5, 5.41) is 3.43. The van der Waals surface area contributed by atoms with Crippen LogP contribution in [0.25, 0.3) is 0 Å². The van der Waals surface area contributed by atoms with Crippen molar-refractivity contribution >= 4 is 44.1 Å². The van der Waals surface area contributed by atoms with E-state index < -0.39 is 6.09 Å². The summed E-state index contributed by atoms with van der Waals surface area (Å²) in [5.74, 6) is 0.512. The quantitative estimate of drug-likeness (QED) is 0.415. The minimum absolute atomic E-state index is 0.0621. The van der Waals surface area contributed by atoms with Gasteiger partial charge in [0.05, 0.1) is 5.56 Å². The number of thiophene rings is 1. The number of hydrogen-bond acceptors (Lipinski definition) is 4. The van der Waals surface area contributed by atoms with E-state index in [0.717, 1.165) is 34.9 Å². The van der Waals surface area contributed by atoms with E-state index in [2.05, 4.69) is 28.2 Å². The average molecular weight is 484 g/mol. The van der Waals surface area contributed by atoms with Crippen LogP contribution in [0, 0.1) is 5.92 Å². The Morgan fingerprint density at radius 1 is 1.13 bits per heavy atom. The van der Waals surface area contributed by atoms with Crippen LogP contribution in [0.15, 0.2) is 59.1 Å². The largest absolute Gasteiger partial charge is 0.444 e. The number of anilines is 1. The van der Waals surface area contributed by atoms with Gasteiger partial charge < -0.3 is 4.74 Å². The Bertz CT molecular complexity index is 1060. The van der Waals surface area contributed by atoms with Gasteiger partial charge in [0.25, 0.3) is 0 Å². The molecule has 2 aromatic carbocycles. The summed E-state index contributed by atoms with van der Waals surface area (Å²) < 4.78 is 6.30. The molecule has 1 unspecified atom stereocenters. The van der Waals surface area contributed by atoms with Gasteiger partial charge in [-0.3, -0.25) is 10.1 Å². The van der Waals surface area contributed by atoms with Crippen molar-refractivity contribution in [1.82, 2.24) is 0 Å². The standard InChI is InChI=1S/C24H22BrNO3S/c1-15-7-12-19-20(13-15)30-23(21(19)22(27)17-8-10-18(25)11-9-17)26-24(28)29-14-16-5-3-2-4-6-16/h2-6,8-11,15H,7,12-14H2,1H3,(H,26,28). The second kappa shape index (κ2) is 9.14. The lowest BCUT2D eigenvalue weighted by Gasteiger charge is -2.18. The van der Waals surface area contributed by atoms with Gasteiger partial charge in [-0.2, -0.15) is 0 Å².